The van der Waals surface area contributed by atoms with Crippen molar-refractivity contribution in [3.63, 3.8) is 0 Å². The van der Waals surface area contributed by atoms with Gasteiger partial charge in [0.25, 0.3) is 0 Å². The minimum Gasteiger partial charge on any atom is -0.493 e. The molecule has 0 aliphatic rings. The number of carbonyl (C=O) groups is 1. The van der Waals surface area contributed by atoms with Crippen molar-refractivity contribution in [1.82, 2.24) is 14.6 Å². The lowest BCUT2D eigenvalue weighted by Gasteiger charge is -2.11. The van der Waals surface area contributed by atoms with Crippen LogP contribution in [0.4, 0.5) is 0 Å². The van der Waals surface area contributed by atoms with Gasteiger partial charge in [-0.25, -0.2) is 9.50 Å². The molecule has 35 heavy (non-hydrogen) atoms. The van der Waals surface area contributed by atoms with Gasteiger partial charge in [0.2, 0.25) is 5.78 Å². The van der Waals surface area contributed by atoms with Crippen LogP contribution in [0, 0.1) is 0 Å². The van der Waals surface area contributed by atoms with Gasteiger partial charge in [-0.2, -0.15) is 5.10 Å². The summed E-state index contributed by atoms with van der Waals surface area (Å²) in [6.07, 6.45) is 3.33. The van der Waals surface area contributed by atoms with Gasteiger partial charge in [-0.15, -0.1) is 0 Å². The Hall–Kier alpha value is -4.71. The van der Waals surface area contributed by atoms with Crippen LogP contribution in [-0.4, -0.2) is 34.6 Å². The van der Waals surface area contributed by atoms with E-state index < -0.39 is 0 Å². The highest BCUT2D eigenvalue weighted by Crippen LogP contribution is 2.33. The van der Waals surface area contributed by atoms with Crippen LogP contribution in [0.2, 0.25) is 0 Å². The van der Waals surface area contributed by atoms with Gasteiger partial charge in [-0.05, 0) is 35.9 Å². The van der Waals surface area contributed by atoms with Gasteiger partial charge in [-0.1, -0.05) is 66.7 Å². The summed E-state index contributed by atoms with van der Waals surface area (Å²) in [5.41, 5.74) is 5.12. The minimum atomic E-state index is -0.194. The highest BCUT2D eigenvalue weighted by molar-refractivity contribution is 6.06. The summed E-state index contributed by atoms with van der Waals surface area (Å²) in [6.45, 7) is 0. The van der Waals surface area contributed by atoms with Crippen molar-refractivity contribution in [3.05, 3.63) is 108 Å². The second-order valence-corrected chi connectivity index (χ2v) is 7.87. The maximum Gasteiger partial charge on any atom is 0.204 e. The van der Waals surface area contributed by atoms with E-state index in [1.165, 1.54) is 0 Å². The average Bonchev–Trinajstić information content (AvgIpc) is 3.36. The minimum absolute atomic E-state index is 0.194. The average molecular weight is 462 g/mol. The topological polar surface area (TPSA) is 65.7 Å². The lowest BCUT2D eigenvalue weighted by Crippen LogP contribution is -2.05. The van der Waals surface area contributed by atoms with E-state index in [0.717, 1.165) is 28.1 Å². The van der Waals surface area contributed by atoms with Crippen molar-refractivity contribution >= 4 is 17.5 Å². The number of carbonyl (C=O) groups excluding carboxylic acids is 1. The Morgan fingerprint density at radius 3 is 2.23 bits per heavy atom. The molecule has 2 aromatic heterocycles. The third-order valence-electron chi connectivity index (χ3n) is 5.66. The maximum absolute atomic E-state index is 13.1. The molecular weight excluding hydrogens is 438 g/mol. The van der Waals surface area contributed by atoms with E-state index in [9.17, 15) is 4.79 Å². The first-order valence-corrected chi connectivity index (χ1v) is 11.1. The smallest absolute Gasteiger partial charge is 0.204 e. The Morgan fingerprint density at radius 1 is 0.800 bits per heavy atom. The molecule has 6 heteroatoms. The van der Waals surface area contributed by atoms with Crippen molar-refractivity contribution in [1.29, 1.82) is 0 Å². The van der Waals surface area contributed by atoms with Crippen LogP contribution in [0.25, 0.3) is 34.2 Å². The summed E-state index contributed by atoms with van der Waals surface area (Å²) in [6, 6.07) is 28.8. The number of nitrogens with zero attached hydrogens (tertiary/aromatic N) is 3. The van der Waals surface area contributed by atoms with Gasteiger partial charge >= 0.3 is 0 Å². The van der Waals surface area contributed by atoms with Crippen LogP contribution >= 0.6 is 0 Å². The van der Waals surface area contributed by atoms with E-state index in [1.807, 2.05) is 84.9 Å². The molecule has 0 saturated heterocycles. The summed E-state index contributed by atoms with van der Waals surface area (Å²) in [7, 11) is 3.19. The molecule has 0 radical (unpaired) electrons. The number of methoxy groups -OCH3 is 2. The van der Waals surface area contributed by atoms with Gasteiger partial charge in [0.05, 0.1) is 25.6 Å². The van der Waals surface area contributed by atoms with Crippen LogP contribution in [0.5, 0.6) is 11.5 Å². The van der Waals surface area contributed by atoms with Gasteiger partial charge in [0, 0.05) is 17.2 Å². The van der Waals surface area contributed by atoms with E-state index in [0.29, 0.717) is 22.8 Å². The van der Waals surface area contributed by atoms with Crippen LogP contribution in [0.1, 0.15) is 16.1 Å². The number of hydrogen-bond acceptors (Lipinski definition) is 5. The quantitative estimate of drug-likeness (QED) is 0.220. The number of fused-ring (bicyclic) bond motifs is 1. The summed E-state index contributed by atoms with van der Waals surface area (Å²) < 4.78 is 12.6. The number of rotatable bonds is 7. The maximum atomic E-state index is 13.1. The number of ether oxygens (including phenoxy) is 2. The van der Waals surface area contributed by atoms with E-state index in [-0.39, 0.29) is 5.78 Å². The Bertz CT molecular complexity index is 1520. The van der Waals surface area contributed by atoms with Gasteiger partial charge < -0.3 is 9.47 Å². The Kier molecular flexibility index (Phi) is 6.09. The van der Waals surface area contributed by atoms with Crippen LogP contribution < -0.4 is 9.47 Å². The van der Waals surface area contributed by atoms with E-state index in [1.54, 1.807) is 37.0 Å². The summed E-state index contributed by atoms with van der Waals surface area (Å²) in [5, 5.41) is 4.80. The van der Waals surface area contributed by atoms with Crippen molar-refractivity contribution in [2.45, 2.75) is 0 Å². The zero-order valence-corrected chi connectivity index (χ0v) is 19.4. The SMILES string of the molecule is COc1ccc(-c2cc(C(=O)/C=C/c3ccccc3)nc3cc(-c4ccccc4)nn23)cc1OC. The normalized spacial score (nSPS) is 11.1. The molecule has 0 N–H and O–H groups in total. The fraction of sp³-hybridized carbons (Fsp3) is 0.0690. The number of benzene rings is 3. The first-order valence-electron chi connectivity index (χ1n) is 11.1. The molecule has 0 aliphatic heterocycles. The molecule has 0 spiro atoms. The summed E-state index contributed by atoms with van der Waals surface area (Å²) >= 11 is 0. The molecule has 0 bridgehead atoms. The molecule has 6 nitrogen and oxygen atoms in total. The lowest BCUT2D eigenvalue weighted by atomic mass is 10.1. The predicted molar refractivity (Wildman–Crippen MR) is 137 cm³/mol. The van der Waals surface area contributed by atoms with Crippen LogP contribution in [0.3, 0.4) is 0 Å². The third kappa shape index (κ3) is 4.54. The van der Waals surface area contributed by atoms with Crippen molar-refractivity contribution in [2.75, 3.05) is 14.2 Å². The lowest BCUT2D eigenvalue weighted by molar-refractivity contribution is 0.104. The molecule has 5 rings (SSSR count). The standard InChI is InChI=1S/C29H23N3O3/c1-34-27-16-14-22(17-28(27)35-2)25-18-24(26(33)15-13-20-9-5-3-6-10-20)30-29-19-23(31-32(25)29)21-11-7-4-8-12-21/h3-19H,1-2H3/b15-13+. The molecule has 0 fully saturated rings. The number of allylic oxidation sites excluding steroid dienone is 1. The molecule has 0 atom stereocenters. The zero-order chi connectivity index (χ0) is 24.2. The van der Waals surface area contributed by atoms with Crippen LogP contribution in [-0.2, 0) is 0 Å². The van der Waals surface area contributed by atoms with E-state index >= 15 is 0 Å². The molecule has 0 amide bonds. The molecule has 0 saturated carbocycles. The molecule has 2 heterocycles. The first kappa shape index (κ1) is 22.1. The second kappa shape index (κ2) is 9.65. The summed E-state index contributed by atoms with van der Waals surface area (Å²) in [5.74, 6) is 1.01. The molecule has 3 aromatic carbocycles. The van der Waals surface area contributed by atoms with E-state index in [2.05, 4.69) is 4.98 Å². The third-order valence-corrected chi connectivity index (χ3v) is 5.66. The van der Waals surface area contributed by atoms with Gasteiger partial charge in [-0.3, -0.25) is 4.79 Å². The Balaban J connectivity index is 1.65. The van der Waals surface area contributed by atoms with Gasteiger partial charge in [0.15, 0.2) is 17.1 Å². The van der Waals surface area contributed by atoms with Crippen molar-refractivity contribution in [2.24, 2.45) is 0 Å². The molecule has 0 unspecified atom stereocenters. The molecule has 172 valence electrons. The Labute approximate surface area is 203 Å². The fourth-order valence-corrected chi connectivity index (χ4v) is 3.87. The van der Waals surface area contributed by atoms with Gasteiger partial charge in [0.1, 0.15) is 5.69 Å². The number of ketones is 1. The first-order chi connectivity index (χ1) is 17.2. The second-order valence-electron chi connectivity index (χ2n) is 7.87. The molecule has 0 aliphatic carbocycles. The zero-order valence-electron chi connectivity index (χ0n) is 19.4. The van der Waals surface area contributed by atoms with Crippen molar-refractivity contribution < 1.29 is 14.3 Å². The largest absolute Gasteiger partial charge is 0.493 e. The number of hydrogen-bond donors (Lipinski definition) is 0. The van der Waals surface area contributed by atoms with Crippen LogP contribution in [0.15, 0.2) is 97.1 Å². The highest BCUT2D eigenvalue weighted by Gasteiger charge is 2.16. The molecular formula is C29H23N3O3. The Morgan fingerprint density at radius 2 is 1.51 bits per heavy atom. The van der Waals surface area contributed by atoms with Crippen molar-refractivity contribution in [3.8, 4) is 34.0 Å². The molecule has 5 aromatic rings. The monoisotopic (exact) mass is 461 g/mol. The predicted octanol–water partition coefficient (Wildman–Crippen LogP) is 5.98. The fourth-order valence-electron chi connectivity index (χ4n) is 3.87. The highest BCUT2D eigenvalue weighted by atomic mass is 16.5. The number of aromatic nitrogens is 3. The summed E-state index contributed by atoms with van der Waals surface area (Å²) in [4.78, 5) is 17.8. The van der Waals surface area contributed by atoms with E-state index in [4.69, 9.17) is 14.6 Å².